The zero-order valence-electron chi connectivity index (χ0n) is 10.6. The lowest BCUT2D eigenvalue weighted by molar-refractivity contribution is 0.460. The molecule has 1 aromatic rings. The Morgan fingerprint density at radius 2 is 1.88 bits per heavy atom. The fourth-order valence-corrected chi connectivity index (χ4v) is 2.23. The van der Waals surface area contributed by atoms with Gasteiger partial charge < -0.3 is 5.11 Å². The van der Waals surface area contributed by atoms with Gasteiger partial charge in [-0.2, -0.15) is 0 Å². The average Bonchev–Trinajstić information content (AvgIpc) is 2.34. The van der Waals surface area contributed by atoms with E-state index in [0.717, 1.165) is 19.3 Å². The summed E-state index contributed by atoms with van der Waals surface area (Å²) in [7, 11) is 0. The number of aliphatic hydroxyl groups is 1. The van der Waals surface area contributed by atoms with E-state index in [2.05, 4.69) is 19.1 Å². The molecule has 0 saturated heterocycles. The minimum absolute atomic E-state index is 0.143. The minimum atomic E-state index is 0.143. The van der Waals surface area contributed by atoms with Crippen LogP contribution in [0.1, 0.15) is 44.6 Å². The van der Waals surface area contributed by atoms with Crippen molar-refractivity contribution in [3.8, 4) is 0 Å². The monoisotopic (exact) mass is 250 g/mol. The molecular formula is C15H22OS. The van der Waals surface area contributed by atoms with Crippen LogP contribution < -0.4 is 0 Å². The zero-order valence-corrected chi connectivity index (χ0v) is 11.4. The van der Waals surface area contributed by atoms with Crippen LogP contribution in [0, 0.1) is 5.92 Å². The third kappa shape index (κ3) is 5.83. The Morgan fingerprint density at radius 1 is 1.18 bits per heavy atom. The van der Waals surface area contributed by atoms with E-state index in [1.54, 1.807) is 0 Å². The first-order valence-electron chi connectivity index (χ1n) is 6.50. The van der Waals surface area contributed by atoms with Crippen LogP contribution in [0.25, 0.3) is 0 Å². The van der Waals surface area contributed by atoms with Gasteiger partial charge in [0.2, 0.25) is 0 Å². The fourth-order valence-electron chi connectivity index (χ4n) is 2.03. The van der Waals surface area contributed by atoms with Gasteiger partial charge in [0.15, 0.2) is 5.05 Å². The summed E-state index contributed by atoms with van der Waals surface area (Å²) >= 11 is 4.95. The van der Waals surface area contributed by atoms with Gasteiger partial charge >= 0.3 is 0 Å². The van der Waals surface area contributed by atoms with E-state index in [4.69, 9.17) is 12.2 Å². The number of aliphatic hydroxyl groups excluding tert-OH is 1. The Bertz CT molecular complexity index is 321. The first kappa shape index (κ1) is 14.2. The standard InChI is InChI=1S/C15H22OS/c1-2-3-4-8-11-14(15(16)17)12-13-9-6-5-7-10-13/h5-7,9-10,14H,2-4,8,11-12H2,1H3,(H,16,17). The lowest BCUT2D eigenvalue weighted by Crippen LogP contribution is -2.14. The second kappa shape index (κ2) is 8.24. The highest BCUT2D eigenvalue weighted by Crippen LogP contribution is 2.17. The molecule has 1 nitrogen and oxygen atoms in total. The van der Waals surface area contributed by atoms with Gasteiger partial charge in [-0.1, -0.05) is 62.9 Å². The molecule has 0 aliphatic carbocycles. The van der Waals surface area contributed by atoms with E-state index in [9.17, 15) is 5.11 Å². The largest absolute Gasteiger partial charge is 0.502 e. The minimum Gasteiger partial charge on any atom is -0.502 e. The molecule has 0 aliphatic heterocycles. The van der Waals surface area contributed by atoms with Crippen molar-refractivity contribution in [2.75, 3.05) is 0 Å². The molecule has 1 N–H and O–H groups in total. The lowest BCUT2D eigenvalue weighted by atomic mass is 9.94. The normalized spacial score (nSPS) is 12.3. The number of rotatable bonds is 8. The van der Waals surface area contributed by atoms with Gasteiger partial charge in [0.25, 0.3) is 0 Å². The quantitative estimate of drug-likeness (QED) is 0.533. The molecule has 17 heavy (non-hydrogen) atoms. The van der Waals surface area contributed by atoms with E-state index < -0.39 is 0 Å². The van der Waals surface area contributed by atoms with E-state index in [-0.39, 0.29) is 11.0 Å². The van der Waals surface area contributed by atoms with E-state index in [1.165, 1.54) is 24.8 Å². The second-order valence-electron chi connectivity index (χ2n) is 4.57. The highest BCUT2D eigenvalue weighted by Gasteiger charge is 2.13. The molecule has 1 unspecified atom stereocenters. The number of benzene rings is 1. The molecule has 0 saturated carbocycles. The van der Waals surface area contributed by atoms with Crippen LogP contribution in [0.15, 0.2) is 30.3 Å². The van der Waals surface area contributed by atoms with Crippen LogP contribution >= 0.6 is 12.2 Å². The van der Waals surface area contributed by atoms with E-state index in [1.807, 2.05) is 18.2 Å². The third-order valence-corrected chi connectivity index (χ3v) is 3.41. The van der Waals surface area contributed by atoms with Gasteiger partial charge in [-0.05, 0) is 30.6 Å². The number of hydrogen-bond acceptors (Lipinski definition) is 1. The molecule has 0 amide bonds. The molecule has 1 aromatic carbocycles. The average molecular weight is 250 g/mol. The Labute approximate surface area is 110 Å². The number of thiocarbonyl (C=S) groups is 1. The summed E-state index contributed by atoms with van der Waals surface area (Å²) in [6, 6.07) is 10.3. The van der Waals surface area contributed by atoms with Crippen LogP contribution in [0.4, 0.5) is 0 Å². The molecule has 1 atom stereocenters. The van der Waals surface area contributed by atoms with Crippen LogP contribution in [0.5, 0.6) is 0 Å². The van der Waals surface area contributed by atoms with Gasteiger partial charge in [-0.25, -0.2) is 0 Å². The lowest BCUT2D eigenvalue weighted by Gasteiger charge is -2.14. The van der Waals surface area contributed by atoms with E-state index in [0.29, 0.717) is 0 Å². The van der Waals surface area contributed by atoms with Crippen molar-refractivity contribution in [3.05, 3.63) is 35.9 Å². The van der Waals surface area contributed by atoms with Crippen molar-refractivity contribution in [1.29, 1.82) is 0 Å². The highest BCUT2D eigenvalue weighted by atomic mass is 32.1. The van der Waals surface area contributed by atoms with Crippen molar-refractivity contribution in [2.45, 2.75) is 45.4 Å². The van der Waals surface area contributed by atoms with Crippen molar-refractivity contribution < 1.29 is 5.11 Å². The molecule has 94 valence electrons. The van der Waals surface area contributed by atoms with Gasteiger partial charge in [-0.3, -0.25) is 0 Å². The maximum Gasteiger partial charge on any atom is 0.159 e. The molecule has 0 aliphatic rings. The van der Waals surface area contributed by atoms with Crippen LogP contribution in [0.3, 0.4) is 0 Å². The van der Waals surface area contributed by atoms with Crippen molar-refractivity contribution in [2.24, 2.45) is 5.92 Å². The third-order valence-electron chi connectivity index (χ3n) is 3.08. The first-order chi connectivity index (χ1) is 8.24. The summed E-state index contributed by atoms with van der Waals surface area (Å²) in [5.41, 5.74) is 1.25. The summed E-state index contributed by atoms with van der Waals surface area (Å²) < 4.78 is 0. The summed E-state index contributed by atoms with van der Waals surface area (Å²) in [5, 5.41) is 9.73. The van der Waals surface area contributed by atoms with Crippen molar-refractivity contribution in [3.63, 3.8) is 0 Å². The Balaban J connectivity index is 2.41. The molecule has 0 aromatic heterocycles. The molecular weight excluding hydrogens is 228 g/mol. The van der Waals surface area contributed by atoms with Gasteiger partial charge in [0, 0.05) is 5.92 Å². The van der Waals surface area contributed by atoms with E-state index >= 15 is 0 Å². The summed E-state index contributed by atoms with van der Waals surface area (Å²) in [5.74, 6) is 0.143. The molecule has 0 heterocycles. The molecule has 0 radical (unpaired) electrons. The first-order valence-corrected chi connectivity index (χ1v) is 6.91. The van der Waals surface area contributed by atoms with Crippen LogP contribution in [-0.4, -0.2) is 10.2 Å². The molecule has 1 rings (SSSR count). The maximum absolute atomic E-state index is 9.56. The maximum atomic E-state index is 9.56. The van der Waals surface area contributed by atoms with Crippen molar-refractivity contribution in [1.82, 2.24) is 0 Å². The van der Waals surface area contributed by atoms with Crippen LogP contribution in [-0.2, 0) is 6.42 Å². The molecule has 0 spiro atoms. The topological polar surface area (TPSA) is 20.2 Å². The second-order valence-corrected chi connectivity index (χ2v) is 4.99. The van der Waals surface area contributed by atoms with Gasteiger partial charge in [-0.15, -0.1) is 0 Å². The van der Waals surface area contributed by atoms with Crippen LogP contribution in [0.2, 0.25) is 0 Å². The Morgan fingerprint density at radius 3 is 2.47 bits per heavy atom. The summed E-state index contributed by atoms with van der Waals surface area (Å²) in [4.78, 5) is 0. The smallest absolute Gasteiger partial charge is 0.159 e. The Hall–Kier alpha value is -0.890. The fraction of sp³-hybridized carbons (Fsp3) is 0.533. The molecule has 0 fully saturated rings. The molecule has 2 heteroatoms. The number of unbranched alkanes of at least 4 members (excludes halogenated alkanes) is 3. The molecule has 0 bridgehead atoms. The van der Waals surface area contributed by atoms with Crippen molar-refractivity contribution >= 4 is 17.3 Å². The number of hydrogen-bond donors (Lipinski definition) is 1. The summed E-state index contributed by atoms with van der Waals surface area (Å²) in [6.07, 6.45) is 6.78. The highest BCUT2D eigenvalue weighted by molar-refractivity contribution is 7.80. The Kier molecular flexibility index (Phi) is 6.87. The SMILES string of the molecule is CCCCCCC(Cc1ccccc1)C(O)=S. The predicted molar refractivity (Wildman–Crippen MR) is 77.6 cm³/mol. The van der Waals surface area contributed by atoms with Gasteiger partial charge in [0.1, 0.15) is 0 Å². The zero-order chi connectivity index (χ0) is 12.5. The predicted octanol–water partition coefficient (Wildman–Crippen LogP) is 4.70. The van der Waals surface area contributed by atoms with Gasteiger partial charge in [0.05, 0.1) is 0 Å². The summed E-state index contributed by atoms with van der Waals surface area (Å²) in [6.45, 7) is 2.21.